The second-order valence-electron chi connectivity index (χ2n) is 4.05. The van der Waals surface area contributed by atoms with Gasteiger partial charge in [-0.25, -0.2) is 0 Å². The first-order valence-electron chi connectivity index (χ1n) is 6.18. The van der Waals surface area contributed by atoms with Gasteiger partial charge in [0.1, 0.15) is 11.3 Å². The Labute approximate surface area is 102 Å². The van der Waals surface area contributed by atoms with E-state index in [1.165, 1.54) is 5.56 Å². The third-order valence-corrected chi connectivity index (χ3v) is 2.66. The third-order valence-electron chi connectivity index (χ3n) is 2.66. The van der Waals surface area contributed by atoms with Gasteiger partial charge in [0, 0.05) is 17.5 Å². The van der Waals surface area contributed by atoms with Crippen LogP contribution in [0.15, 0.2) is 28.9 Å². The highest BCUT2D eigenvalue weighted by Crippen LogP contribution is 2.25. The molecule has 0 fully saturated rings. The zero-order valence-electron chi connectivity index (χ0n) is 10.5. The van der Waals surface area contributed by atoms with E-state index in [9.17, 15) is 0 Å². The summed E-state index contributed by atoms with van der Waals surface area (Å²) in [6.07, 6.45) is 2.84. The van der Waals surface area contributed by atoms with Crippen LogP contribution in [0.3, 0.4) is 0 Å². The van der Waals surface area contributed by atoms with Crippen LogP contribution in [0.25, 0.3) is 11.0 Å². The lowest BCUT2D eigenvalue weighted by molar-refractivity contribution is 0.318. The molecule has 0 aliphatic carbocycles. The predicted molar refractivity (Wildman–Crippen MR) is 69.4 cm³/mol. The van der Waals surface area contributed by atoms with Crippen molar-refractivity contribution in [3.05, 3.63) is 30.0 Å². The van der Waals surface area contributed by atoms with Crippen LogP contribution in [-0.2, 0) is 6.54 Å². The minimum atomic E-state index is 0.756. The van der Waals surface area contributed by atoms with Crippen LogP contribution in [0.4, 0.5) is 0 Å². The Morgan fingerprint density at radius 1 is 1.29 bits per heavy atom. The van der Waals surface area contributed by atoms with Crippen LogP contribution in [0.1, 0.15) is 25.8 Å². The minimum Gasteiger partial charge on any atom is -0.494 e. The summed E-state index contributed by atoms with van der Waals surface area (Å²) >= 11 is 0. The lowest BCUT2D eigenvalue weighted by Crippen LogP contribution is -2.11. The Hall–Kier alpha value is -1.48. The summed E-state index contributed by atoms with van der Waals surface area (Å²) in [6.45, 7) is 6.75. The number of ether oxygens (including phenoxy) is 1. The van der Waals surface area contributed by atoms with E-state index < -0.39 is 0 Å². The largest absolute Gasteiger partial charge is 0.494 e. The van der Waals surface area contributed by atoms with E-state index in [0.29, 0.717) is 0 Å². The molecule has 0 saturated carbocycles. The third kappa shape index (κ3) is 2.80. The summed E-state index contributed by atoms with van der Waals surface area (Å²) in [5.74, 6) is 0.915. The number of hydrogen-bond acceptors (Lipinski definition) is 3. The maximum absolute atomic E-state index is 5.63. The molecule has 2 aromatic rings. The van der Waals surface area contributed by atoms with Gasteiger partial charge in [-0.2, -0.15) is 0 Å². The molecule has 0 saturated heterocycles. The minimum absolute atomic E-state index is 0.756. The van der Waals surface area contributed by atoms with E-state index in [4.69, 9.17) is 9.15 Å². The summed E-state index contributed by atoms with van der Waals surface area (Å²) in [5, 5.41) is 4.44. The van der Waals surface area contributed by atoms with Gasteiger partial charge in [-0.3, -0.25) is 0 Å². The second-order valence-corrected chi connectivity index (χ2v) is 4.05. The van der Waals surface area contributed by atoms with Crippen molar-refractivity contribution in [3.63, 3.8) is 0 Å². The van der Waals surface area contributed by atoms with Crippen LogP contribution in [0, 0.1) is 0 Å². The van der Waals surface area contributed by atoms with Gasteiger partial charge < -0.3 is 14.5 Å². The number of fused-ring (bicyclic) bond motifs is 1. The zero-order chi connectivity index (χ0) is 12.1. The molecule has 3 heteroatoms. The Balaban J connectivity index is 2.23. The number of benzene rings is 1. The number of rotatable bonds is 6. The first-order valence-corrected chi connectivity index (χ1v) is 6.18. The number of nitrogens with one attached hydrogen (secondary N) is 1. The Bertz CT molecular complexity index is 476. The molecular weight excluding hydrogens is 214 g/mol. The van der Waals surface area contributed by atoms with E-state index in [0.717, 1.165) is 42.8 Å². The van der Waals surface area contributed by atoms with Crippen LogP contribution < -0.4 is 10.1 Å². The monoisotopic (exact) mass is 233 g/mol. The average Bonchev–Trinajstić information content (AvgIpc) is 2.76. The highest BCUT2D eigenvalue weighted by atomic mass is 16.5. The van der Waals surface area contributed by atoms with Crippen molar-refractivity contribution in [2.45, 2.75) is 26.8 Å². The van der Waals surface area contributed by atoms with E-state index in [-0.39, 0.29) is 0 Å². The smallest absolute Gasteiger partial charge is 0.134 e. The molecule has 0 aliphatic heterocycles. The number of furan rings is 1. The van der Waals surface area contributed by atoms with Crippen molar-refractivity contribution in [2.24, 2.45) is 0 Å². The molecule has 0 radical (unpaired) electrons. The molecule has 3 nitrogen and oxygen atoms in total. The van der Waals surface area contributed by atoms with Gasteiger partial charge in [-0.15, -0.1) is 0 Å². The van der Waals surface area contributed by atoms with Gasteiger partial charge in [-0.1, -0.05) is 13.8 Å². The molecule has 0 bridgehead atoms. The summed E-state index contributed by atoms with van der Waals surface area (Å²) in [6, 6.07) is 5.98. The molecular formula is C14H19NO2. The van der Waals surface area contributed by atoms with Crippen molar-refractivity contribution in [1.82, 2.24) is 5.32 Å². The molecule has 1 heterocycles. The Kier molecular flexibility index (Phi) is 4.04. The van der Waals surface area contributed by atoms with Crippen molar-refractivity contribution in [3.8, 4) is 5.75 Å². The highest BCUT2D eigenvalue weighted by molar-refractivity contribution is 5.82. The maximum atomic E-state index is 5.63. The molecule has 0 amide bonds. The van der Waals surface area contributed by atoms with Crippen molar-refractivity contribution < 1.29 is 9.15 Å². The Morgan fingerprint density at radius 3 is 2.94 bits per heavy atom. The Morgan fingerprint density at radius 2 is 2.18 bits per heavy atom. The van der Waals surface area contributed by atoms with Gasteiger partial charge in [0.2, 0.25) is 0 Å². The second kappa shape index (κ2) is 5.73. The van der Waals surface area contributed by atoms with Crippen LogP contribution in [0.5, 0.6) is 5.75 Å². The standard InChI is InChI=1S/C14H19NO2/c1-3-7-16-12-5-6-14-13(8-12)11(10-17-14)9-15-4-2/h5-6,8,10,15H,3-4,7,9H2,1-2H3. The average molecular weight is 233 g/mol. The maximum Gasteiger partial charge on any atom is 0.134 e. The van der Waals surface area contributed by atoms with Gasteiger partial charge in [-0.05, 0) is 31.2 Å². The fourth-order valence-electron chi connectivity index (χ4n) is 1.77. The first kappa shape index (κ1) is 12.0. The summed E-state index contributed by atoms with van der Waals surface area (Å²) < 4.78 is 11.1. The van der Waals surface area contributed by atoms with Gasteiger partial charge in [0.25, 0.3) is 0 Å². The van der Waals surface area contributed by atoms with Crippen molar-refractivity contribution >= 4 is 11.0 Å². The fourth-order valence-corrected chi connectivity index (χ4v) is 1.77. The molecule has 1 N–H and O–H groups in total. The molecule has 0 spiro atoms. The molecule has 1 aromatic carbocycles. The topological polar surface area (TPSA) is 34.4 Å². The summed E-state index contributed by atoms with van der Waals surface area (Å²) in [4.78, 5) is 0. The van der Waals surface area contributed by atoms with E-state index in [1.807, 2.05) is 18.4 Å². The predicted octanol–water partition coefficient (Wildman–Crippen LogP) is 3.33. The normalized spacial score (nSPS) is 10.9. The van der Waals surface area contributed by atoms with Gasteiger partial charge >= 0.3 is 0 Å². The molecule has 0 unspecified atom stereocenters. The fraction of sp³-hybridized carbons (Fsp3) is 0.429. The molecule has 0 aliphatic rings. The molecule has 17 heavy (non-hydrogen) atoms. The van der Waals surface area contributed by atoms with E-state index in [1.54, 1.807) is 0 Å². The van der Waals surface area contributed by atoms with E-state index in [2.05, 4.69) is 25.2 Å². The lowest BCUT2D eigenvalue weighted by atomic mass is 10.1. The van der Waals surface area contributed by atoms with E-state index >= 15 is 0 Å². The molecule has 2 rings (SSSR count). The zero-order valence-corrected chi connectivity index (χ0v) is 10.5. The molecule has 92 valence electrons. The SMILES string of the molecule is CCCOc1ccc2occ(CNCC)c2c1. The quantitative estimate of drug-likeness (QED) is 0.831. The van der Waals surface area contributed by atoms with Crippen LogP contribution in [0.2, 0.25) is 0 Å². The summed E-state index contributed by atoms with van der Waals surface area (Å²) in [7, 11) is 0. The molecule has 1 aromatic heterocycles. The van der Waals surface area contributed by atoms with Gasteiger partial charge in [0.05, 0.1) is 12.9 Å². The summed E-state index contributed by atoms with van der Waals surface area (Å²) in [5.41, 5.74) is 2.10. The number of hydrogen-bond donors (Lipinski definition) is 1. The lowest BCUT2D eigenvalue weighted by Gasteiger charge is -2.04. The van der Waals surface area contributed by atoms with Gasteiger partial charge in [0.15, 0.2) is 0 Å². The first-order chi connectivity index (χ1) is 8.35. The van der Waals surface area contributed by atoms with Crippen LogP contribution >= 0.6 is 0 Å². The van der Waals surface area contributed by atoms with Crippen molar-refractivity contribution in [2.75, 3.05) is 13.2 Å². The van der Waals surface area contributed by atoms with Crippen molar-refractivity contribution in [1.29, 1.82) is 0 Å². The van der Waals surface area contributed by atoms with Crippen LogP contribution in [-0.4, -0.2) is 13.2 Å². The highest BCUT2D eigenvalue weighted by Gasteiger charge is 2.06. The molecule has 0 atom stereocenters.